The highest BCUT2D eigenvalue weighted by atomic mass is 35.5. The lowest BCUT2D eigenvalue weighted by Crippen LogP contribution is -2.28. The van der Waals surface area contributed by atoms with Crippen molar-refractivity contribution >= 4 is 18.3 Å². The van der Waals surface area contributed by atoms with Gasteiger partial charge in [-0.3, -0.25) is 4.79 Å². The molecule has 0 saturated carbocycles. The first-order chi connectivity index (χ1) is 11.8. The Morgan fingerprint density at radius 2 is 2.04 bits per heavy atom. The molecular weight excluding hydrogens is 340 g/mol. The highest BCUT2D eigenvalue weighted by molar-refractivity contribution is 5.85. The lowest BCUT2D eigenvalue weighted by atomic mass is 10.2. The van der Waals surface area contributed by atoms with Crippen LogP contribution >= 0.6 is 12.4 Å². The van der Waals surface area contributed by atoms with Gasteiger partial charge in [-0.2, -0.15) is 0 Å². The number of carbonyl (C=O) groups is 1. The summed E-state index contributed by atoms with van der Waals surface area (Å²) in [4.78, 5) is 21.6. The third-order valence-electron chi connectivity index (χ3n) is 3.93. The van der Waals surface area contributed by atoms with Gasteiger partial charge < -0.3 is 15.0 Å². The Bertz CT molecular complexity index is 669. The van der Waals surface area contributed by atoms with E-state index in [1.807, 2.05) is 23.1 Å². The third-order valence-corrected chi connectivity index (χ3v) is 3.93. The SMILES string of the molecule is Cl.O=C1CCCN1CCCNCc1cccc(Oc2ncccn2)c1. The standard InChI is InChI=1S/C18H22N4O2.ClH/c23-17-7-2-11-22(17)12-4-8-19-14-15-5-1-6-16(13-15)24-18-20-9-3-10-21-18;/h1,3,5-6,9-10,13,19H,2,4,7-8,11-12,14H2;1H. The van der Waals surface area contributed by atoms with Crippen molar-refractivity contribution in [2.24, 2.45) is 0 Å². The number of ether oxygens (including phenoxy) is 1. The molecule has 0 aliphatic carbocycles. The minimum absolute atomic E-state index is 0. The molecule has 1 saturated heterocycles. The Morgan fingerprint density at radius 3 is 2.80 bits per heavy atom. The lowest BCUT2D eigenvalue weighted by Gasteiger charge is -2.15. The molecule has 6 nitrogen and oxygen atoms in total. The fraction of sp³-hybridized carbons (Fsp3) is 0.389. The summed E-state index contributed by atoms with van der Waals surface area (Å²) in [5.74, 6) is 1.02. The van der Waals surface area contributed by atoms with Gasteiger partial charge in [-0.05, 0) is 43.1 Å². The van der Waals surface area contributed by atoms with Crippen molar-refractivity contribution in [2.45, 2.75) is 25.8 Å². The van der Waals surface area contributed by atoms with Crippen LogP contribution < -0.4 is 10.1 Å². The summed E-state index contributed by atoms with van der Waals surface area (Å²) in [7, 11) is 0. The molecule has 1 N–H and O–H groups in total. The second-order valence-corrected chi connectivity index (χ2v) is 5.80. The zero-order valence-corrected chi connectivity index (χ0v) is 14.9. The van der Waals surface area contributed by atoms with Gasteiger partial charge in [0, 0.05) is 38.4 Å². The molecule has 1 fully saturated rings. The van der Waals surface area contributed by atoms with Crippen molar-refractivity contribution in [2.75, 3.05) is 19.6 Å². The number of nitrogens with zero attached hydrogens (tertiary/aromatic N) is 3. The van der Waals surface area contributed by atoms with Gasteiger partial charge in [-0.1, -0.05) is 12.1 Å². The smallest absolute Gasteiger partial charge is 0.321 e. The Hall–Kier alpha value is -2.18. The number of hydrogen-bond acceptors (Lipinski definition) is 5. The number of benzene rings is 1. The Morgan fingerprint density at radius 1 is 1.20 bits per heavy atom. The molecule has 0 unspecified atom stereocenters. The first kappa shape index (κ1) is 19.1. The second-order valence-electron chi connectivity index (χ2n) is 5.80. The van der Waals surface area contributed by atoms with Gasteiger partial charge in [0.1, 0.15) is 5.75 Å². The molecular formula is C18H23ClN4O2. The number of nitrogens with one attached hydrogen (secondary N) is 1. The minimum atomic E-state index is 0. The van der Waals surface area contributed by atoms with Crippen molar-refractivity contribution in [3.8, 4) is 11.8 Å². The van der Waals surface area contributed by atoms with E-state index in [9.17, 15) is 4.79 Å². The highest BCUT2D eigenvalue weighted by Gasteiger charge is 2.18. The Kier molecular flexibility index (Phi) is 7.63. The van der Waals surface area contributed by atoms with Crippen LogP contribution in [0.5, 0.6) is 11.8 Å². The molecule has 1 aromatic heterocycles. The van der Waals surface area contributed by atoms with Crippen LogP contribution in [0.2, 0.25) is 0 Å². The van der Waals surface area contributed by atoms with Crippen LogP contribution in [-0.4, -0.2) is 40.4 Å². The number of amides is 1. The van der Waals surface area contributed by atoms with E-state index in [-0.39, 0.29) is 12.4 Å². The van der Waals surface area contributed by atoms with Crippen molar-refractivity contribution in [1.29, 1.82) is 0 Å². The summed E-state index contributed by atoms with van der Waals surface area (Å²) >= 11 is 0. The van der Waals surface area contributed by atoms with Crippen LogP contribution in [0.1, 0.15) is 24.8 Å². The molecule has 25 heavy (non-hydrogen) atoms. The van der Waals surface area contributed by atoms with Crippen molar-refractivity contribution in [3.05, 3.63) is 48.3 Å². The molecule has 3 rings (SSSR count). The van der Waals surface area contributed by atoms with Gasteiger partial charge in [0.15, 0.2) is 0 Å². The van der Waals surface area contributed by atoms with Crippen molar-refractivity contribution in [1.82, 2.24) is 20.2 Å². The number of carbonyl (C=O) groups excluding carboxylic acids is 1. The van der Waals surface area contributed by atoms with Gasteiger partial charge in [0.05, 0.1) is 0 Å². The molecule has 1 amide bonds. The van der Waals surface area contributed by atoms with Crippen LogP contribution in [0.4, 0.5) is 0 Å². The van der Waals surface area contributed by atoms with Crippen LogP contribution in [0.15, 0.2) is 42.7 Å². The Balaban J connectivity index is 0.00000225. The maximum absolute atomic E-state index is 11.5. The lowest BCUT2D eigenvalue weighted by molar-refractivity contribution is -0.127. The molecule has 0 bridgehead atoms. The van der Waals surface area contributed by atoms with E-state index in [2.05, 4.69) is 21.4 Å². The van der Waals surface area contributed by atoms with E-state index in [1.165, 1.54) is 0 Å². The monoisotopic (exact) mass is 362 g/mol. The number of rotatable bonds is 8. The van der Waals surface area contributed by atoms with Gasteiger partial charge in [-0.25, -0.2) is 9.97 Å². The largest absolute Gasteiger partial charge is 0.424 e. The molecule has 134 valence electrons. The first-order valence-corrected chi connectivity index (χ1v) is 8.33. The molecule has 2 aromatic rings. The molecule has 1 aliphatic rings. The number of aromatic nitrogens is 2. The maximum atomic E-state index is 11.5. The second kappa shape index (κ2) is 9.96. The average molecular weight is 363 g/mol. The van der Waals surface area contributed by atoms with E-state index < -0.39 is 0 Å². The predicted molar refractivity (Wildman–Crippen MR) is 97.9 cm³/mol. The van der Waals surface area contributed by atoms with E-state index in [4.69, 9.17) is 4.74 Å². The predicted octanol–water partition coefficient (Wildman–Crippen LogP) is 2.79. The zero-order chi connectivity index (χ0) is 16.6. The van der Waals surface area contributed by atoms with E-state index in [0.717, 1.165) is 50.3 Å². The Labute approximate surface area is 154 Å². The third kappa shape index (κ3) is 5.99. The average Bonchev–Trinajstić information content (AvgIpc) is 3.01. The number of halogens is 1. The van der Waals surface area contributed by atoms with Crippen molar-refractivity contribution in [3.63, 3.8) is 0 Å². The highest BCUT2D eigenvalue weighted by Crippen LogP contribution is 2.18. The molecule has 0 spiro atoms. The number of hydrogen-bond donors (Lipinski definition) is 1. The zero-order valence-electron chi connectivity index (χ0n) is 14.1. The van der Waals surface area contributed by atoms with Gasteiger partial charge >= 0.3 is 6.01 Å². The summed E-state index contributed by atoms with van der Waals surface area (Å²) in [5, 5.41) is 3.41. The van der Waals surface area contributed by atoms with Gasteiger partial charge in [-0.15, -0.1) is 12.4 Å². The summed E-state index contributed by atoms with van der Waals surface area (Å²) in [6.45, 7) is 3.41. The summed E-state index contributed by atoms with van der Waals surface area (Å²) in [6.07, 6.45) is 5.99. The maximum Gasteiger partial charge on any atom is 0.321 e. The van der Waals surface area contributed by atoms with Gasteiger partial charge in [0.25, 0.3) is 0 Å². The van der Waals surface area contributed by atoms with Crippen molar-refractivity contribution < 1.29 is 9.53 Å². The van der Waals surface area contributed by atoms with E-state index in [0.29, 0.717) is 18.3 Å². The van der Waals surface area contributed by atoms with E-state index >= 15 is 0 Å². The topological polar surface area (TPSA) is 67.4 Å². The normalized spacial score (nSPS) is 13.6. The van der Waals surface area contributed by atoms with Crippen LogP contribution in [0.3, 0.4) is 0 Å². The molecule has 1 aromatic carbocycles. The minimum Gasteiger partial charge on any atom is -0.424 e. The van der Waals surface area contributed by atoms with Crippen LogP contribution in [-0.2, 0) is 11.3 Å². The summed E-state index contributed by atoms with van der Waals surface area (Å²) in [5.41, 5.74) is 1.14. The fourth-order valence-electron chi connectivity index (χ4n) is 2.73. The first-order valence-electron chi connectivity index (χ1n) is 8.33. The fourth-order valence-corrected chi connectivity index (χ4v) is 2.73. The molecule has 7 heteroatoms. The quantitative estimate of drug-likeness (QED) is 0.731. The van der Waals surface area contributed by atoms with E-state index in [1.54, 1.807) is 18.5 Å². The molecule has 0 atom stereocenters. The molecule has 2 heterocycles. The van der Waals surface area contributed by atoms with Crippen LogP contribution in [0.25, 0.3) is 0 Å². The summed E-state index contributed by atoms with van der Waals surface area (Å²) in [6, 6.07) is 9.97. The molecule has 1 aliphatic heterocycles. The van der Waals surface area contributed by atoms with Crippen LogP contribution in [0, 0.1) is 0 Å². The summed E-state index contributed by atoms with van der Waals surface area (Å²) < 4.78 is 5.63. The molecule has 0 radical (unpaired) electrons. The van der Waals surface area contributed by atoms with Gasteiger partial charge in [0.2, 0.25) is 5.91 Å². The number of likely N-dealkylation sites (tertiary alicyclic amines) is 1.